The first-order chi connectivity index (χ1) is 7.05. The van der Waals surface area contributed by atoms with Gasteiger partial charge in [0, 0.05) is 32.5 Å². The summed E-state index contributed by atoms with van der Waals surface area (Å²) in [6.07, 6.45) is 4.67. The second-order valence-corrected chi connectivity index (χ2v) is 5.48. The Kier molecular flexibility index (Phi) is 3.12. The molecule has 0 aromatic rings. The summed E-state index contributed by atoms with van der Waals surface area (Å²) >= 11 is 0. The molecule has 1 saturated carbocycles. The third-order valence-electron chi connectivity index (χ3n) is 3.63. The summed E-state index contributed by atoms with van der Waals surface area (Å²) in [5.41, 5.74) is -0.501. The van der Waals surface area contributed by atoms with Crippen LogP contribution in [0.4, 0.5) is 0 Å². The molecule has 3 nitrogen and oxygen atoms in total. The molecular formula is C12H21NO2. The Hall–Kier alpha value is -0.410. The largest absolute Gasteiger partial charge is 0.389 e. The van der Waals surface area contributed by atoms with E-state index in [1.165, 1.54) is 6.42 Å². The van der Waals surface area contributed by atoms with E-state index in [0.29, 0.717) is 11.7 Å². The highest BCUT2D eigenvalue weighted by atomic mass is 16.3. The first-order valence-electron chi connectivity index (χ1n) is 6.02. The van der Waals surface area contributed by atoms with Gasteiger partial charge in [0.25, 0.3) is 0 Å². The van der Waals surface area contributed by atoms with Crippen LogP contribution in [0, 0.1) is 5.92 Å². The number of aliphatic hydroxyl groups is 1. The predicted molar refractivity (Wildman–Crippen MR) is 58.6 cm³/mol. The number of β-amino-alcohol motifs (C(OH)–C–C–N with tert-alkyl or cyclic N) is 1. The molecule has 86 valence electrons. The number of hydrogen-bond acceptors (Lipinski definition) is 3. The molecule has 1 heterocycles. The first kappa shape index (κ1) is 11.1. The highest BCUT2D eigenvalue weighted by Gasteiger charge is 2.33. The minimum atomic E-state index is -0.501. The second kappa shape index (κ2) is 4.22. The molecule has 1 aliphatic carbocycles. The Bertz CT molecular complexity index is 250. The van der Waals surface area contributed by atoms with Crippen LogP contribution in [0.1, 0.15) is 39.0 Å². The summed E-state index contributed by atoms with van der Waals surface area (Å²) in [7, 11) is 0. The van der Waals surface area contributed by atoms with Crippen molar-refractivity contribution in [3.8, 4) is 0 Å². The van der Waals surface area contributed by atoms with E-state index in [0.717, 1.165) is 45.3 Å². The zero-order valence-electron chi connectivity index (χ0n) is 9.54. The lowest BCUT2D eigenvalue weighted by Crippen LogP contribution is -2.34. The molecule has 2 rings (SSSR count). The molecule has 2 aliphatic rings. The molecule has 2 atom stereocenters. The van der Waals surface area contributed by atoms with Gasteiger partial charge in [-0.1, -0.05) is 0 Å². The average molecular weight is 211 g/mol. The molecule has 0 bridgehead atoms. The topological polar surface area (TPSA) is 40.5 Å². The van der Waals surface area contributed by atoms with E-state index in [4.69, 9.17) is 0 Å². The Morgan fingerprint density at radius 1 is 1.60 bits per heavy atom. The van der Waals surface area contributed by atoms with Crippen molar-refractivity contribution in [3.63, 3.8) is 0 Å². The number of Topliss-reactive ketones (excluding diaryl/α,β-unsaturated/α-hetero) is 1. The van der Waals surface area contributed by atoms with E-state index in [2.05, 4.69) is 4.90 Å². The van der Waals surface area contributed by atoms with E-state index in [-0.39, 0.29) is 0 Å². The van der Waals surface area contributed by atoms with Gasteiger partial charge >= 0.3 is 0 Å². The van der Waals surface area contributed by atoms with Crippen molar-refractivity contribution >= 4 is 5.78 Å². The van der Waals surface area contributed by atoms with E-state index in [1.54, 1.807) is 0 Å². The van der Waals surface area contributed by atoms with Crippen molar-refractivity contribution in [3.05, 3.63) is 0 Å². The van der Waals surface area contributed by atoms with Crippen molar-refractivity contribution in [1.29, 1.82) is 0 Å². The van der Waals surface area contributed by atoms with Crippen LogP contribution in [0.5, 0.6) is 0 Å². The molecule has 0 spiro atoms. The third-order valence-corrected chi connectivity index (χ3v) is 3.63. The number of nitrogens with zero attached hydrogens (tertiary/aromatic N) is 1. The van der Waals surface area contributed by atoms with E-state index in [1.807, 2.05) is 6.92 Å². The van der Waals surface area contributed by atoms with Crippen molar-refractivity contribution < 1.29 is 9.90 Å². The van der Waals surface area contributed by atoms with Gasteiger partial charge in [0.15, 0.2) is 0 Å². The van der Waals surface area contributed by atoms with Crippen LogP contribution in [-0.4, -0.2) is 41.0 Å². The number of rotatable bonds is 2. The van der Waals surface area contributed by atoms with Gasteiger partial charge in [0.2, 0.25) is 0 Å². The molecule has 0 aromatic heterocycles. The number of carbonyl (C=O) groups is 1. The summed E-state index contributed by atoms with van der Waals surface area (Å²) < 4.78 is 0. The Morgan fingerprint density at radius 2 is 2.40 bits per heavy atom. The second-order valence-electron chi connectivity index (χ2n) is 5.48. The zero-order chi connectivity index (χ0) is 10.9. The Labute approximate surface area is 91.5 Å². The number of carbonyl (C=O) groups excluding carboxylic acids is 1. The monoisotopic (exact) mass is 211 g/mol. The Balaban J connectivity index is 1.80. The maximum atomic E-state index is 11.3. The molecule has 1 N–H and O–H groups in total. The minimum absolute atomic E-state index is 0.428. The van der Waals surface area contributed by atoms with Gasteiger partial charge in [0.05, 0.1) is 5.60 Å². The lowest BCUT2D eigenvalue weighted by Gasteiger charge is -2.26. The van der Waals surface area contributed by atoms with Crippen molar-refractivity contribution in [2.24, 2.45) is 5.92 Å². The van der Waals surface area contributed by atoms with Crippen LogP contribution in [0.25, 0.3) is 0 Å². The SMILES string of the molecule is CC1(O)CCN(CC2CCCC(=O)C2)C1. The number of ketones is 1. The maximum absolute atomic E-state index is 11.3. The van der Waals surface area contributed by atoms with Gasteiger partial charge in [-0.25, -0.2) is 0 Å². The van der Waals surface area contributed by atoms with E-state index in [9.17, 15) is 9.90 Å². The van der Waals surface area contributed by atoms with Crippen LogP contribution in [0.3, 0.4) is 0 Å². The predicted octanol–water partition coefficient (Wildman–Crippen LogP) is 1.20. The molecule has 0 aromatic carbocycles. The van der Waals surface area contributed by atoms with Gasteiger partial charge < -0.3 is 10.0 Å². The molecule has 0 amide bonds. The standard InChI is InChI=1S/C12H21NO2/c1-12(15)5-6-13(9-12)8-10-3-2-4-11(14)7-10/h10,15H,2-9H2,1H3. The molecule has 1 aliphatic heterocycles. The number of likely N-dealkylation sites (tertiary alicyclic amines) is 1. The summed E-state index contributed by atoms with van der Waals surface area (Å²) in [4.78, 5) is 13.6. The quantitative estimate of drug-likeness (QED) is 0.746. The van der Waals surface area contributed by atoms with Crippen molar-refractivity contribution in [1.82, 2.24) is 4.90 Å². The van der Waals surface area contributed by atoms with E-state index >= 15 is 0 Å². The highest BCUT2D eigenvalue weighted by Crippen LogP contribution is 2.26. The third kappa shape index (κ3) is 3.02. The van der Waals surface area contributed by atoms with Gasteiger partial charge in [0.1, 0.15) is 5.78 Å². The molecule has 2 fully saturated rings. The van der Waals surface area contributed by atoms with Gasteiger partial charge in [-0.15, -0.1) is 0 Å². The highest BCUT2D eigenvalue weighted by molar-refractivity contribution is 5.79. The summed E-state index contributed by atoms with van der Waals surface area (Å²) in [6, 6.07) is 0. The molecule has 3 heteroatoms. The molecule has 15 heavy (non-hydrogen) atoms. The Morgan fingerprint density at radius 3 is 3.00 bits per heavy atom. The van der Waals surface area contributed by atoms with Crippen LogP contribution < -0.4 is 0 Å². The zero-order valence-corrected chi connectivity index (χ0v) is 9.54. The first-order valence-corrected chi connectivity index (χ1v) is 6.02. The lowest BCUT2D eigenvalue weighted by molar-refractivity contribution is -0.121. The van der Waals surface area contributed by atoms with Gasteiger partial charge in [-0.05, 0) is 32.1 Å². The lowest BCUT2D eigenvalue weighted by atomic mass is 9.88. The van der Waals surface area contributed by atoms with Crippen molar-refractivity contribution in [2.45, 2.75) is 44.6 Å². The van der Waals surface area contributed by atoms with Crippen LogP contribution in [0.2, 0.25) is 0 Å². The van der Waals surface area contributed by atoms with Gasteiger partial charge in [-0.3, -0.25) is 4.79 Å². The maximum Gasteiger partial charge on any atom is 0.133 e. The summed E-state index contributed by atoms with van der Waals surface area (Å²) in [5, 5.41) is 9.84. The van der Waals surface area contributed by atoms with Gasteiger partial charge in [-0.2, -0.15) is 0 Å². The molecular weight excluding hydrogens is 190 g/mol. The molecule has 2 unspecified atom stereocenters. The fourth-order valence-corrected chi connectivity index (χ4v) is 2.83. The van der Waals surface area contributed by atoms with E-state index < -0.39 is 5.60 Å². The summed E-state index contributed by atoms with van der Waals surface area (Å²) in [6.45, 7) is 4.66. The normalized spacial score (nSPS) is 38.5. The van der Waals surface area contributed by atoms with Crippen LogP contribution in [-0.2, 0) is 4.79 Å². The fourth-order valence-electron chi connectivity index (χ4n) is 2.83. The van der Waals surface area contributed by atoms with Crippen molar-refractivity contribution in [2.75, 3.05) is 19.6 Å². The van der Waals surface area contributed by atoms with Crippen LogP contribution >= 0.6 is 0 Å². The average Bonchev–Trinajstić information content (AvgIpc) is 2.45. The minimum Gasteiger partial charge on any atom is -0.389 e. The molecule has 0 radical (unpaired) electrons. The van der Waals surface area contributed by atoms with Crippen LogP contribution in [0.15, 0.2) is 0 Å². The number of hydrogen-bond donors (Lipinski definition) is 1. The smallest absolute Gasteiger partial charge is 0.133 e. The molecule has 1 saturated heterocycles. The summed E-state index contributed by atoms with van der Waals surface area (Å²) in [5.74, 6) is 0.970. The fraction of sp³-hybridized carbons (Fsp3) is 0.917.